The van der Waals surface area contributed by atoms with E-state index in [0.717, 1.165) is 12.8 Å². The van der Waals surface area contributed by atoms with Crippen LogP contribution in [-0.2, 0) is 19.1 Å². The van der Waals surface area contributed by atoms with Gasteiger partial charge in [0.1, 0.15) is 6.04 Å². The second-order valence-electron chi connectivity index (χ2n) is 7.91. The van der Waals surface area contributed by atoms with E-state index in [2.05, 4.69) is 5.32 Å². The largest absolute Gasteiger partial charge is 0.466 e. The average Bonchev–Trinajstić information content (AvgIpc) is 3.02. The first kappa shape index (κ1) is 23.3. The zero-order chi connectivity index (χ0) is 22.5. The van der Waals surface area contributed by atoms with E-state index in [9.17, 15) is 19.5 Å². The number of hydrogen-bond acceptors (Lipinski definition) is 5. The number of nitrogens with zero attached hydrogens (tertiary/aromatic N) is 1. The highest BCUT2D eigenvalue weighted by Crippen LogP contribution is 2.45. The molecule has 8 heteroatoms. The van der Waals surface area contributed by atoms with Crippen LogP contribution in [-0.4, -0.2) is 53.6 Å². The van der Waals surface area contributed by atoms with Gasteiger partial charge in [-0.05, 0) is 43.5 Å². The van der Waals surface area contributed by atoms with Crippen molar-refractivity contribution in [3.05, 3.63) is 41.4 Å². The van der Waals surface area contributed by atoms with E-state index in [1.54, 1.807) is 31.2 Å². The summed E-state index contributed by atoms with van der Waals surface area (Å²) in [6, 6.07) is 5.87. The number of nitrogens with one attached hydrogen (secondary N) is 1. The SMILES string of the molecule is CCC[C@@H]1C=C[C@H]2[C@H](C(=O)N(CCO)[C@@H]2C(=O)Nc2ccc(Cl)cc2)[C@@H]1C(=O)OCC. The Morgan fingerprint density at radius 2 is 1.90 bits per heavy atom. The highest BCUT2D eigenvalue weighted by molar-refractivity contribution is 6.30. The van der Waals surface area contributed by atoms with Crippen molar-refractivity contribution in [1.29, 1.82) is 0 Å². The molecule has 0 radical (unpaired) electrons. The molecular weight excluding hydrogens is 420 g/mol. The molecule has 168 valence electrons. The number of fused-ring (bicyclic) bond motifs is 1. The van der Waals surface area contributed by atoms with E-state index in [4.69, 9.17) is 16.3 Å². The number of carbonyl (C=O) groups excluding carboxylic acids is 3. The molecule has 0 unspecified atom stereocenters. The minimum absolute atomic E-state index is 0.0202. The Kier molecular flexibility index (Phi) is 7.73. The monoisotopic (exact) mass is 448 g/mol. The van der Waals surface area contributed by atoms with Crippen LogP contribution in [0.5, 0.6) is 0 Å². The molecule has 1 heterocycles. The summed E-state index contributed by atoms with van der Waals surface area (Å²) in [7, 11) is 0. The van der Waals surface area contributed by atoms with E-state index in [1.165, 1.54) is 4.90 Å². The van der Waals surface area contributed by atoms with Gasteiger partial charge in [-0.3, -0.25) is 14.4 Å². The lowest BCUT2D eigenvalue weighted by Gasteiger charge is -2.33. The second kappa shape index (κ2) is 10.3. The van der Waals surface area contributed by atoms with Crippen molar-refractivity contribution in [1.82, 2.24) is 4.90 Å². The lowest BCUT2D eigenvalue weighted by atomic mass is 9.69. The molecule has 7 nitrogen and oxygen atoms in total. The number of hydrogen-bond donors (Lipinski definition) is 2. The first-order valence-corrected chi connectivity index (χ1v) is 11.1. The molecule has 1 aliphatic carbocycles. The first-order valence-electron chi connectivity index (χ1n) is 10.8. The number of ether oxygens (including phenoxy) is 1. The van der Waals surface area contributed by atoms with E-state index in [1.807, 2.05) is 19.1 Å². The van der Waals surface area contributed by atoms with Gasteiger partial charge in [0.05, 0.1) is 25.0 Å². The molecule has 2 aliphatic rings. The fourth-order valence-electron chi connectivity index (χ4n) is 4.76. The number of allylic oxidation sites excluding steroid dienone is 1. The molecule has 5 atom stereocenters. The highest BCUT2D eigenvalue weighted by atomic mass is 35.5. The van der Waals surface area contributed by atoms with Crippen LogP contribution in [0.1, 0.15) is 26.7 Å². The number of aliphatic hydroxyl groups is 1. The third-order valence-electron chi connectivity index (χ3n) is 6.01. The van der Waals surface area contributed by atoms with E-state index < -0.39 is 29.8 Å². The molecule has 1 fully saturated rings. The lowest BCUT2D eigenvalue weighted by molar-refractivity contribution is -0.155. The van der Waals surface area contributed by atoms with Crippen LogP contribution in [0.4, 0.5) is 5.69 Å². The van der Waals surface area contributed by atoms with Crippen molar-refractivity contribution in [2.24, 2.45) is 23.7 Å². The minimum Gasteiger partial charge on any atom is -0.466 e. The number of halogens is 1. The van der Waals surface area contributed by atoms with E-state index >= 15 is 0 Å². The topological polar surface area (TPSA) is 95.9 Å². The summed E-state index contributed by atoms with van der Waals surface area (Å²) < 4.78 is 5.31. The number of anilines is 1. The second-order valence-corrected chi connectivity index (χ2v) is 8.35. The van der Waals surface area contributed by atoms with Crippen LogP contribution in [0, 0.1) is 23.7 Å². The quantitative estimate of drug-likeness (QED) is 0.471. The van der Waals surface area contributed by atoms with Gasteiger partial charge in [0.2, 0.25) is 11.8 Å². The Labute approximate surface area is 187 Å². The fourth-order valence-corrected chi connectivity index (χ4v) is 4.89. The molecular formula is C23H29ClN2O5. The Morgan fingerprint density at radius 3 is 2.52 bits per heavy atom. The molecule has 1 aromatic rings. The zero-order valence-electron chi connectivity index (χ0n) is 17.8. The molecule has 2 N–H and O–H groups in total. The summed E-state index contributed by atoms with van der Waals surface area (Å²) in [5.41, 5.74) is 0.555. The molecule has 31 heavy (non-hydrogen) atoms. The third kappa shape index (κ3) is 4.77. The standard InChI is InChI=1S/C23H29ClN2O5/c1-3-5-14-6-11-17-19(18(14)23(30)31-4-2)22(29)26(12-13-27)20(17)21(28)25-16-9-7-15(24)8-10-16/h6-11,14,17-20,27H,3-5,12-13H2,1-2H3,(H,25,28)/t14-,17+,18-,19+,20+/m1/s1. The predicted octanol–water partition coefficient (Wildman–Crippen LogP) is 2.88. The number of β-amino-alcohol motifs (C(OH)–C–C–N with tert-alkyl or cyclic N) is 1. The zero-order valence-corrected chi connectivity index (χ0v) is 18.5. The molecule has 0 aromatic heterocycles. The number of carbonyl (C=O) groups is 3. The number of likely N-dealkylation sites (tertiary alicyclic amines) is 1. The molecule has 0 spiro atoms. The number of benzene rings is 1. The van der Waals surface area contributed by atoms with Gasteiger partial charge < -0.3 is 20.1 Å². The van der Waals surface area contributed by atoms with Gasteiger partial charge in [-0.1, -0.05) is 37.1 Å². The van der Waals surface area contributed by atoms with Crippen LogP contribution in [0.2, 0.25) is 5.02 Å². The van der Waals surface area contributed by atoms with E-state index in [-0.39, 0.29) is 37.5 Å². The van der Waals surface area contributed by atoms with Crippen molar-refractivity contribution in [2.75, 3.05) is 25.1 Å². The summed E-state index contributed by atoms with van der Waals surface area (Å²) in [5.74, 6) is -2.99. The van der Waals surface area contributed by atoms with Crippen molar-refractivity contribution in [2.45, 2.75) is 32.7 Å². The molecule has 1 saturated heterocycles. The Balaban J connectivity index is 1.94. The highest BCUT2D eigenvalue weighted by Gasteiger charge is 2.57. The van der Waals surface area contributed by atoms with Gasteiger partial charge in [0, 0.05) is 23.2 Å². The lowest BCUT2D eigenvalue weighted by Crippen LogP contribution is -2.45. The maximum atomic E-state index is 13.4. The molecule has 1 aromatic carbocycles. The molecule has 2 amide bonds. The molecule has 1 aliphatic heterocycles. The Bertz CT molecular complexity index is 841. The normalized spacial score (nSPS) is 27.2. The third-order valence-corrected chi connectivity index (χ3v) is 6.27. The summed E-state index contributed by atoms with van der Waals surface area (Å²) in [4.78, 5) is 40.9. The van der Waals surface area contributed by atoms with Gasteiger partial charge in [-0.2, -0.15) is 0 Å². The number of aliphatic hydroxyl groups excluding tert-OH is 1. The van der Waals surface area contributed by atoms with Gasteiger partial charge in [-0.25, -0.2) is 0 Å². The Morgan fingerprint density at radius 1 is 1.19 bits per heavy atom. The van der Waals surface area contributed by atoms with Gasteiger partial charge in [0.15, 0.2) is 0 Å². The molecule has 0 bridgehead atoms. The van der Waals surface area contributed by atoms with Crippen LogP contribution >= 0.6 is 11.6 Å². The van der Waals surface area contributed by atoms with Crippen molar-refractivity contribution < 1.29 is 24.2 Å². The van der Waals surface area contributed by atoms with Crippen molar-refractivity contribution >= 4 is 35.1 Å². The summed E-state index contributed by atoms with van der Waals surface area (Å²) >= 11 is 5.91. The maximum absolute atomic E-state index is 13.4. The number of esters is 1. The minimum atomic E-state index is -0.823. The molecule has 0 saturated carbocycles. The van der Waals surface area contributed by atoms with Gasteiger partial charge in [-0.15, -0.1) is 0 Å². The molecule has 3 rings (SSSR count). The number of rotatable bonds is 8. The summed E-state index contributed by atoms with van der Waals surface area (Å²) in [6.45, 7) is 3.73. The first-order chi connectivity index (χ1) is 14.9. The van der Waals surface area contributed by atoms with Crippen molar-refractivity contribution in [3.63, 3.8) is 0 Å². The number of amides is 2. The summed E-state index contributed by atoms with van der Waals surface area (Å²) in [6.07, 6.45) is 5.45. The Hall–Kier alpha value is -2.38. The predicted molar refractivity (Wildman–Crippen MR) is 117 cm³/mol. The van der Waals surface area contributed by atoms with Crippen LogP contribution < -0.4 is 5.32 Å². The van der Waals surface area contributed by atoms with Crippen molar-refractivity contribution in [3.8, 4) is 0 Å². The maximum Gasteiger partial charge on any atom is 0.310 e. The van der Waals surface area contributed by atoms with Crippen LogP contribution in [0.3, 0.4) is 0 Å². The fraction of sp³-hybridized carbons (Fsp3) is 0.522. The van der Waals surface area contributed by atoms with E-state index in [0.29, 0.717) is 10.7 Å². The summed E-state index contributed by atoms with van der Waals surface area (Å²) in [5, 5.41) is 12.9. The van der Waals surface area contributed by atoms with Crippen LogP contribution in [0.25, 0.3) is 0 Å². The van der Waals surface area contributed by atoms with Crippen LogP contribution in [0.15, 0.2) is 36.4 Å². The van der Waals surface area contributed by atoms with Gasteiger partial charge >= 0.3 is 5.97 Å². The smallest absolute Gasteiger partial charge is 0.310 e. The van der Waals surface area contributed by atoms with Gasteiger partial charge in [0.25, 0.3) is 0 Å². The average molecular weight is 449 g/mol.